The number of hydrogen-bond donors (Lipinski definition) is 0. The van der Waals surface area contributed by atoms with E-state index >= 15 is 0 Å². The summed E-state index contributed by atoms with van der Waals surface area (Å²) in [4.78, 5) is 14.1. The van der Waals surface area contributed by atoms with Crippen molar-refractivity contribution in [2.45, 2.75) is 6.54 Å². The number of rotatable bonds is 5. The van der Waals surface area contributed by atoms with Crippen molar-refractivity contribution in [2.24, 2.45) is 0 Å². The van der Waals surface area contributed by atoms with Crippen LogP contribution in [0, 0.1) is 32.8 Å². The van der Waals surface area contributed by atoms with E-state index in [9.17, 15) is 10.1 Å². The molecule has 0 N–H and O–H groups in total. The number of nitriles is 2. The molecule has 0 bridgehead atoms. The standard InChI is InChI=1S/C13H9N5O3/c14-7-10-12(8-15)17(9-16-10)5-6-21-13-4-2-1-3-11(13)18(19)20/h1-4,9H,5-6H2. The van der Waals surface area contributed by atoms with Crippen molar-refractivity contribution in [3.05, 3.63) is 52.1 Å². The van der Waals surface area contributed by atoms with Gasteiger partial charge in [-0.15, -0.1) is 0 Å². The number of nitrogens with zero attached hydrogens (tertiary/aromatic N) is 5. The van der Waals surface area contributed by atoms with Gasteiger partial charge >= 0.3 is 5.69 Å². The minimum absolute atomic E-state index is 0.0446. The Bertz CT molecular complexity index is 754. The molecule has 0 fully saturated rings. The summed E-state index contributed by atoms with van der Waals surface area (Å²) in [6.45, 7) is 0.365. The summed E-state index contributed by atoms with van der Waals surface area (Å²) in [5, 5.41) is 28.6. The summed E-state index contributed by atoms with van der Waals surface area (Å²) in [7, 11) is 0. The van der Waals surface area contributed by atoms with Gasteiger partial charge in [-0.25, -0.2) is 4.98 Å². The van der Waals surface area contributed by atoms with E-state index in [1.807, 2.05) is 12.1 Å². The van der Waals surface area contributed by atoms with Crippen LogP contribution in [0.3, 0.4) is 0 Å². The summed E-state index contributed by atoms with van der Waals surface area (Å²) < 4.78 is 6.83. The Morgan fingerprint density at radius 3 is 2.76 bits per heavy atom. The van der Waals surface area contributed by atoms with Crippen molar-refractivity contribution >= 4 is 5.69 Å². The zero-order chi connectivity index (χ0) is 15.2. The highest BCUT2D eigenvalue weighted by Gasteiger charge is 2.14. The molecular formula is C13H9N5O3. The lowest BCUT2D eigenvalue weighted by atomic mass is 10.3. The van der Waals surface area contributed by atoms with E-state index in [2.05, 4.69) is 4.98 Å². The molecule has 0 aliphatic carbocycles. The van der Waals surface area contributed by atoms with E-state index in [1.165, 1.54) is 23.0 Å². The van der Waals surface area contributed by atoms with Crippen molar-refractivity contribution in [1.29, 1.82) is 10.5 Å². The second kappa shape index (κ2) is 6.17. The van der Waals surface area contributed by atoms with Crippen LogP contribution >= 0.6 is 0 Å². The average Bonchev–Trinajstić information content (AvgIpc) is 2.89. The predicted molar refractivity (Wildman–Crippen MR) is 70.2 cm³/mol. The molecule has 1 heterocycles. The fraction of sp³-hybridized carbons (Fsp3) is 0.154. The van der Waals surface area contributed by atoms with Crippen LogP contribution in [-0.4, -0.2) is 21.1 Å². The molecule has 2 rings (SSSR count). The van der Waals surface area contributed by atoms with Gasteiger partial charge in [-0.05, 0) is 6.07 Å². The molecule has 21 heavy (non-hydrogen) atoms. The summed E-state index contributed by atoms with van der Waals surface area (Å²) >= 11 is 0. The molecule has 0 atom stereocenters. The molecule has 0 aliphatic rings. The van der Waals surface area contributed by atoms with Gasteiger partial charge in [0.2, 0.25) is 0 Å². The Morgan fingerprint density at radius 2 is 2.10 bits per heavy atom. The highest BCUT2D eigenvalue weighted by Crippen LogP contribution is 2.25. The summed E-state index contributed by atoms with van der Waals surface area (Å²) in [5.74, 6) is 0.154. The van der Waals surface area contributed by atoms with Gasteiger partial charge in [0.15, 0.2) is 17.1 Å². The van der Waals surface area contributed by atoms with Crippen LogP contribution in [0.5, 0.6) is 5.75 Å². The first-order chi connectivity index (χ1) is 10.2. The molecule has 2 aromatic rings. The van der Waals surface area contributed by atoms with Crippen LogP contribution in [0.25, 0.3) is 0 Å². The molecule has 104 valence electrons. The zero-order valence-electron chi connectivity index (χ0n) is 10.8. The maximum Gasteiger partial charge on any atom is 0.310 e. The van der Waals surface area contributed by atoms with Crippen molar-refractivity contribution in [2.75, 3.05) is 6.61 Å². The first-order valence-corrected chi connectivity index (χ1v) is 5.89. The molecule has 0 radical (unpaired) electrons. The quantitative estimate of drug-likeness (QED) is 0.607. The van der Waals surface area contributed by atoms with Crippen LogP contribution < -0.4 is 4.74 Å². The minimum atomic E-state index is -0.527. The number of nitro groups is 1. The Hall–Kier alpha value is -3.39. The average molecular weight is 283 g/mol. The van der Waals surface area contributed by atoms with Gasteiger partial charge in [-0.1, -0.05) is 12.1 Å². The number of nitro benzene ring substituents is 1. The highest BCUT2D eigenvalue weighted by atomic mass is 16.6. The molecular weight excluding hydrogens is 274 g/mol. The largest absolute Gasteiger partial charge is 0.485 e. The molecule has 0 aliphatic heterocycles. The lowest BCUT2D eigenvalue weighted by molar-refractivity contribution is -0.385. The number of imidazole rings is 1. The summed E-state index contributed by atoms with van der Waals surface area (Å²) in [6, 6.07) is 9.73. The van der Waals surface area contributed by atoms with Gasteiger partial charge in [0, 0.05) is 6.07 Å². The lowest BCUT2D eigenvalue weighted by Crippen LogP contribution is -2.10. The van der Waals surface area contributed by atoms with Crippen molar-refractivity contribution in [3.8, 4) is 17.9 Å². The summed E-state index contributed by atoms with van der Waals surface area (Å²) in [5.41, 5.74) is 0.0632. The molecule has 0 spiro atoms. The molecule has 0 saturated heterocycles. The smallest absolute Gasteiger partial charge is 0.310 e. The molecule has 8 nitrogen and oxygen atoms in total. The second-order valence-electron chi connectivity index (χ2n) is 3.93. The molecule has 0 amide bonds. The van der Waals surface area contributed by atoms with Crippen LogP contribution in [0.1, 0.15) is 11.4 Å². The topological polar surface area (TPSA) is 118 Å². The minimum Gasteiger partial charge on any atom is -0.485 e. The van der Waals surface area contributed by atoms with E-state index in [-0.39, 0.29) is 36.0 Å². The van der Waals surface area contributed by atoms with Crippen LogP contribution in [0.15, 0.2) is 30.6 Å². The fourth-order valence-corrected chi connectivity index (χ4v) is 1.73. The number of hydrogen-bond acceptors (Lipinski definition) is 6. The van der Waals surface area contributed by atoms with E-state index in [0.717, 1.165) is 0 Å². The maximum atomic E-state index is 10.8. The molecule has 1 aromatic carbocycles. The van der Waals surface area contributed by atoms with Crippen LogP contribution in [0.4, 0.5) is 5.69 Å². The molecule has 1 aromatic heterocycles. The van der Waals surface area contributed by atoms with Crippen LogP contribution in [0.2, 0.25) is 0 Å². The number of benzene rings is 1. The Balaban J connectivity index is 2.06. The maximum absolute atomic E-state index is 10.8. The fourth-order valence-electron chi connectivity index (χ4n) is 1.73. The van der Waals surface area contributed by atoms with Gasteiger partial charge in [-0.2, -0.15) is 10.5 Å². The number of para-hydroxylation sites is 2. The normalized spacial score (nSPS) is 9.62. The Kier molecular flexibility index (Phi) is 4.12. The lowest BCUT2D eigenvalue weighted by Gasteiger charge is -2.07. The van der Waals surface area contributed by atoms with Gasteiger partial charge in [0.25, 0.3) is 0 Å². The van der Waals surface area contributed by atoms with Crippen molar-refractivity contribution in [3.63, 3.8) is 0 Å². The van der Waals surface area contributed by atoms with E-state index in [1.54, 1.807) is 12.1 Å². The first-order valence-electron chi connectivity index (χ1n) is 5.89. The van der Waals surface area contributed by atoms with Gasteiger partial charge < -0.3 is 9.30 Å². The van der Waals surface area contributed by atoms with Gasteiger partial charge in [0.1, 0.15) is 18.7 Å². The van der Waals surface area contributed by atoms with E-state index in [4.69, 9.17) is 15.3 Å². The number of ether oxygens (including phenoxy) is 1. The monoisotopic (exact) mass is 283 g/mol. The highest BCUT2D eigenvalue weighted by molar-refractivity contribution is 5.45. The second-order valence-corrected chi connectivity index (χ2v) is 3.93. The Morgan fingerprint density at radius 1 is 1.33 bits per heavy atom. The SMILES string of the molecule is N#Cc1ncn(CCOc2ccccc2[N+](=O)[O-])c1C#N. The van der Waals surface area contributed by atoms with E-state index in [0.29, 0.717) is 0 Å². The number of aromatic nitrogens is 2. The molecule has 0 unspecified atom stereocenters. The summed E-state index contributed by atoms with van der Waals surface area (Å²) in [6.07, 6.45) is 1.36. The van der Waals surface area contributed by atoms with E-state index < -0.39 is 4.92 Å². The third-order valence-corrected chi connectivity index (χ3v) is 2.70. The van der Waals surface area contributed by atoms with Gasteiger partial charge in [-0.3, -0.25) is 10.1 Å². The predicted octanol–water partition coefficient (Wildman–Crippen LogP) is 1.61. The third-order valence-electron chi connectivity index (χ3n) is 2.70. The third kappa shape index (κ3) is 2.96. The zero-order valence-corrected chi connectivity index (χ0v) is 10.8. The van der Waals surface area contributed by atoms with Crippen LogP contribution in [-0.2, 0) is 6.54 Å². The molecule has 0 saturated carbocycles. The van der Waals surface area contributed by atoms with Crippen molar-refractivity contribution in [1.82, 2.24) is 9.55 Å². The Labute approximate surface area is 119 Å². The van der Waals surface area contributed by atoms with Gasteiger partial charge in [0.05, 0.1) is 17.8 Å². The van der Waals surface area contributed by atoms with Crippen molar-refractivity contribution < 1.29 is 9.66 Å². The first kappa shape index (κ1) is 14.0. The molecule has 8 heteroatoms.